The van der Waals surface area contributed by atoms with E-state index in [4.69, 9.17) is 4.74 Å². The van der Waals surface area contributed by atoms with Gasteiger partial charge in [0, 0.05) is 17.7 Å². The number of nitro benzene ring substituents is 1. The van der Waals surface area contributed by atoms with Crippen molar-refractivity contribution in [2.24, 2.45) is 0 Å². The summed E-state index contributed by atoms with van der Waals surface area (Å²) in [6.45, 7) is 0.270. The fourth-order valence-corrected chi connectivity index (χ4v) is 2.56. The Balaban J connectivity index is 1.68. The van der Waals surface area contributed by atoms with E-state index in [1.165, 1.54) is 18.2 Å². The van der Waals surface area contributed by atoms with Crippen molar-refractivity contribution in [3.05, 3.63) is 105 Å². The van der Waals surface area contributed by atoms with E-state index in [1.54, 1.807) is 60.7 Å². The number of non-ortho nitro benzene ring substituents is 1. The monoisotopic (exact) mass is 374 g/mol. The normalized spacial score (nSPS) is 10.9. The summed E-state index contributed by atoms with van der Waals surface area (Å²) < 4.78 is 19.5. The zero-order valence-corrected chi connectivity index (χ0v) is 14.7. The first-order valence-corrected chi connectivity index (χ1v) is 8.40. The van der Waals surface area contributed by atoms with Gasteiger partial charge in [-0.2, -0.15) is 5.26 Å². The third kappa shape index (κ3) is 4.59. The fourth-order valence-electron chi connectivity index (χ4n) is 2.56. The molecule has 0 aromatic heterocycles. The lowest BCUT2D eigenvalue weighted by Crippen LogP contribution is -1.96. The second-order valence-corrected chi connectivity index (χ2v) is 5.93. The molecule has 0 saturated carbocycles. The highest BCUT2D eigenvalue weighted by Crippen LogP contribution is 2.22. The van der Waals surface area contributed by atoms with Crippen LogP contribution in [0.25, 0.3) is 11.6 Å². The van der Waals surface area contributed by atoms with E-state index in [9.17, 15) is 19.8 Å². The van der Waals surface area contributed by atoms with Crippen LogP contribution in [0, 0.1) is 27.3 Å². The van der Waals surface area contributed by atoms with Crippen LogP contribution in [0.1, 0.15) is 16.7 Å². The van der Waals surface area contributed by atoms with Gasteiger partial charge in [0.05, 0.1) is 16.6 Å². The molecule has 0 radical (unpaired) electrons. The molecule has 0 aliphatic carbocycles. The van der Waals surface area contributed by atoms with E-state index in [1.807, 2.05) is 6.07 Å². The van der Waals surface area contributed by atoms with Crippen molar-refractivity contribution in [3.8, 4) is 11.8 Å². The zero-order chi connectivity index (χ0) is 19.9. The standard InChI is InChI=1S/C22H15FN2O3/c23-22-4-2-1-3-21(22)18(14-24)13-16-7-11-20(12-8-16)28-15-17-5-9-19(10-6-17)25(26)27/h1-13H,15H2/b18-13-. The van der Waals surface area contributed by atoms with Gasteiger partial charge in [-0.15, -0.1) is 0 Å². The SMILES string of the molecule is N#C/C(=C/c1ccc(OCc2ccc([N+](=O)[O-])cc2)cc1)c1ccccc1F. The molecule has 3 aromatic rings. The third-order valence-corrected chi connectivity index (χ3v) is 4.03. The summed E-state index contributed by atoms with van der Waals surface area (Å²) in [5, 5.41) is 20.0. The maximum atomic E-state index is 13.9. The van der Waals surface area contributed by atoms with Gasteiger partial charge >= 0.3 is 0 Å². The number of halogens is 1. The van der Waals surface area contributed by atoms with Crippen LogP contribution in [-0.2, 0) is 6.61 Å². The van der Waals surface area contributed by atoms with E-state index in [-0.39, 0.29) is 23.4 Å². The maximum Gasteiger partial charge on any atom is 0.269 e. The number of ether oxygens (including phenoxy) is 1. The number of nitro groups is 1. The molecule has 0 bridgehead atoms. The highest BCUT2D eigenvalue weighted by molar-refractivity contribution is 5.89. The van der Waals surface area contributed by atoms with Crippen LogP contribution in [0.3, 0.4) is 0 Å². The highest BCUT2D eigenvalue weighted by atomic mass is 19.1. The Hall–Kier alpha value is -3.98. The van der Waals surface area contributed by atoms with Crippen molar-refractivity contribution in [1.29, 1.82) is 5.26 Å². The molecule has 6 heteroatoms. The molecule has 0 fully saturated rings. The molecule has 0 atom stereocenters. The molecule has 0 aliphatic heterocycles. The molecule has 0 spiro atoms. The lowest BCUT2D eigenvalue weighted by Gasteiger charge is -2.07. The van der Waals surface area contributed by atoms with Crippen LogP contribution < -0.4 is 4.74 Å². The van der Waals surface area contributed by atoms with Gasteiger partial charge in [0.15, 0.2) is 0 Å². The molecular weight excluding hydrogens is 359 g/mol. The minimum atomic E-state index is -0.451. The van der Waals surface area contributed by atoms with Crippen LogP contribution >= 0.6 is 0 Å². The van der Waals surface area contributed by atoms with Gasteiger partial charge in [-0.3, -0.25) is 10.1 Å². The summed E-state index contributed by atoms with van der Waals surface area (Å²) in [4.78, 5) is 10.2. The number of rotatable bonds is 6. The average Bonchev–Trinajstić information content (AvgIpc) is 2.72. The van der Waals surface area contributed by atoms with Crippen LogP contribution in [0.15, 0.2) is 72.8 Å². The Morgan fingerprint density at radius 1 is 1.07 bits per heavy atom. The molecular formula is C22H15FN2O3. The molecule has 3 rings (SSSR count). The smallest absolute Gasteiger partial charge is 0.269 e. The van der Waals surface area contributed by atoms with Gasteiger partial charge in [-0.1, -0.05) is 30.3 Å². The Morgan fingerprint density at radius 3 is 2.36 bits per heavy atom. The van der Waals surface area contributed by atoms with Crippen LogP contribution in [-0.4, -0.2) is 4.92 Å². The van der Waals surface area contributed by atoms with Gasteiger partial charge in [-0.05, 0) is 47.5 Å². The molecule has 0 aliphatic rings. The zero-order valence-electron chi connectivity index (χ0n) is 14.7. The van der Waals surface area contributed by atoms with Crippen molar-refractivity contribution >= 4 is 17.3 Å². The van der Waals surface area contributed by atoms with E-state index in [0.717, 1.165) is 11.1 Å². The topological polar surface area (TPSA) is 76.2 Å². The van der Waals surface area contributed by atoms with Gasteiger partial charge < -0.3 is 4.74 Å². The Morgan fingerprint density at radius 2 is 1.75 bits per heavy atom. The second kappa shape index (κ2) is 8.60. The molecule has 0 unspecified atom stereocenters. The number of hydrogen-bond donors (Lipinski definition) is 0. The minimum absolute atomic E-state index is 0.0306. The van der Waals surface area contributed by atoms with Crippen molar-refractivity contribution in [2.75, 3.05) is 0 Å². The number of nitriles is 1. The highest BCUT2D eigenvalue weighted by Gasteiger charge is 2.07. The first-order chi connectivity index (χ1) is 13.6. The molecule has 5 nitrogen and oxygen atoms in total. The Labute approximate surface area is 161 Å². The number of allylic oxidation sites excluding steroid dienone is 1. The van der Waals surface area contributed by atoms with Crippen LogP contribution in [0.4, 0.5) is 10.1 Å². The molecule has 28 heavy (non-hydrogen) atoms. The van der Waals surface area contributed by atoms with Crippen molar-refractivity contribution in [3.63, 3.8) is 0 Å². The predicted octanol–water partition coefficient (Wildman–Crippen LogP) is 5.38. The summed E-state index contributed by atoms with van der Waals surface area (Å²) in [5.74, 6) is 0.165. The predicted molar refractivity (Wildman–Crippen MR) is 104 cm³/mol. The van der Waals surface area contributed by atoms with E-state index < -0.39 is 10.7 Å². The van der Waals surface area contributed by atoms with Crippen LogP contribution in [0.2, 0.25) is 0 Å². The molecule has 138 valence electrons. The quantitative estimate of drug-likeness (QED) is 0.251. The van der Waals surface area contributed by atoms with Gasteiger partial charge in [0.25, 0.3) is 5.69 Å². The van der Waals surface area contributed by atoms with E-state index >= 15 is 0 Å². The molecule has 0 N–H and O–H groups in total. The number of hydrogen-bond acceptors (Lipinski definition) is 4. The molecule has 0 amide bonds. The fraction of sp³-hybridized carbons (Fsp3) is 0.0455. The summed E-state index contributed by atoms with van der Waals surface area (Å²) in [7, 11) is 0. The van der Waals surface area contributed by atoms with Gasteiger partial charge in [0.2, 0.25) is 0 Å². The lowest BCUT2D eigenvalue weighted by atomic mass is 10.0. The Bertz CT molecular complexity index is 1050. The van der Waals surface area contributed by atoms with Crippen molar-refractivity contribution < 1.29 is 14.1 Å². The summed E-state index contributed by atoms with van der Waals surface area (Å²) in [6.07, 6.45) is 1.61. The van der Waals surface area contributed by atoms with Crippen molar-refractivity contribution in [1.82, 2.24) is 0 Å². The molecule has 0 saturated heterocycles. The third-order valence-electron chi connectivity index (χ3n) is 4.03. The number of nitrogens with zero attached hydrogens (tertiary/aromatic N) is 2. The first-order valence-electron chi connectivity index (χ1n) is 8.40. The summed E-state index contributed by atoms with van der Waals surface area (Å²) in [6, 6.07) is 21.3. The largest absolute Gasteiger partial charge is 0.489 e. The van der Waals surface area contributed by atoms with Gasteiger partial charge in [-0.25, -0.2) is 4.39 Å². The minimum Gasteiger partial charge on any atom is -0.489 e. The molecule has 3 aromatic carbocycles. The lowest BCUT2D eigenvalue weighted by molar-refractivity contribution is -0.384. The van der Waals surface area contributed by atoms with E-state index in [0.29, 0.717) is 5.75 Å². The average molecular weight is 374 g/mol. The first kappa shape index (κ1) is 18.8. The summed E-state index contributed by atoms with van der Waals surface area (Å²) in [5.41, 5.74) is 2.06. The van der Waals surface area contributed by atoms with Crippen molar-refractivity contribution in [2.45, 2.75) is 6.61 Å². The van der Waals surface area contributed by atoms with Crippen LogP contribution in [0.5, 0.6) is 5.75 Å². The summed E-state index contributed by atoms with van der Waals surface area (Å²) >= 11 is 0. The molecule has 0 heterocycles. The van der Waals surface area contributed by atoms with E-state index in [2.05, 4.69) is 0 Å². The second-order valence-electron chi connectivity index (χ2n) is 5.93. The van der Waals surface area contributed by atoms with Gasteiger partial charge in [0.1, 0.15) is 18.2 Å². The number of benzene rings is 3. The maximum absolute atomic E-state index is 13.9. The Kier molecular flexibility index (Phi) is 5.78.